The number of quaternary nitrogens is 1. The van der Waals surface area contributed by atoms with Crippen LogP contribution in [0.15, 0.2) is 0 Å². The summed E-state index contributed by atoms with van der Waals surface area (Å²) >= 11 is 4.98. The van der Waals surface area contributed by atoms with Crippen LogP contribution in [0.2, 0.25) is 0 Å². The maximum atomic E-state index is 10.5. The third-order valence-corrected chi connectivity index (χ3v) is 1.32. The molecule has 0 aliphatic heterocycles. The number of nitrogens with zero attached hydrogens (tertiary/aromatic N) is 2. The van der Waals surface area contributed by atoms with Gasteiger partial charge >= 0.3 is 11.9 Å². The van der Waals surface area contributed by atoms with Gasteiger partial charge in [0, 0.05) is 14.1 Å². The highest BCUT2D eigenvalue weighted by Gasteiger charge is 2.14. The fourth-order valence-corrected chi connectivity index (χ4v) is 0.561. The van der Waals surface area contributed by atoms with Gasteiger partial charge in [-0.1, -0.05) is 7.43 Å². The molecular formula is C11H30Cl2N4O4. The van der Waals surface area contributed by atoms with E-state index in [9.17, 15) is 9.59 Å². The maximum absolute atomic E-state index is 10.5. The molecule has 10 heteroatoms. The van der Waals surface area contributed by atoms with Gasteiger partial charge in [-0.05, 0) is 0 Å². The van der Waals surface area contributed by atoms with Crippen molar-refractivity contribution in [3.05, 3.63) is 0 Å². The Morgan fingerprint density at radius 1 is 1.14 bits per heavy atom. The standard InChI is InChI=1S/C5H13N2O2.C3H5ClO2.C2H8N2.CH4.ClH/c1-7(2,6)4-5(8)9-3;1-6-3(5)2-4;1-4(2)3;;/h4,6H2,1-3H3;2H2,1H3;3H2,1-2H3;1H4;1H/q+1;;;;/p-1. The smallest absolute Gasteiger partial charge is 0.363 e. The molecule has 0 aromatic heterocycles. The number of halogens is 2. The molecule has 0 unspecified atom stereocenters. The maximum Gasteiger partial charge on any atom is 0.363 e. The summed E-state index contributed by atoms with van der Waals surface area (Å²) in [5.41, 5.74) is 0. The highest BCUT2D eigenvalue weighted by molar-refractivity contribution is 6.26. The zero-order valence-electron chi connectivity index (χ0n) is 12.9. The number of carbonyl (C=O) groups excluding carboxylic acids is 2. The van der Waals surface area contributed by atoms with Gasteiger partial charge in [0.25, 0.3) is 0 Å². The van der Waals surface area contributed by atoms with Crippen molar-refractivity contribution in [2.45, 2.75) is 7.43 Å². The lowest BCUT2D eigenvalue weighted by molar-refractivity contribution is -0.895. The van der Waals surface area contributed by atoms with Gasteiger partial charge in [-0.3, -0.25) is 15.6 Å². The number of hydrazine groups is 1. The molecule has 0 atom stereocenters. The summed E-state index contributed by atoms with van der Waals surface area (Å²) in [7, 11) is 9.64. The van der Waals surface area contributed by atoms with Crippen molar-refractivity contribution in [3.63, 3.8) is 0 Å². The molecule has 8 nitrogen and oxygen atoms in total. The number of nitrogens with two attached hydrogens (primary N) is 2. The lowest BCUT2D eigenvalue weighted by Gasteiger charge is -2.19. The van der Waals surface area contributed by atoms with Crippen molar-refractivity contribution in [2.75, 3.05) is 54.8 Å². The van der Waals surface area contributed by atoms with Crippen LogP contribution in [0.4, 0.5) is 0 Å². The van der Waals surface area contributed by atoms with E-state index in [2.05, 4.69) is 9.47 Å². The molecule has 132 valence electrons. The van der Waals surface area contributed by atoms with Crippen LogP contribution >= 0.6 is 11.6 Å². The SMILES string of the molecule is C.CN(C)N.COC(=O)CCl.COC(=O)C[N+](C)(C)N.[Cl-]. The molecule has 0 amide bonds. The van der Waals surface area contributed by atoms with Gasteiger partial charge in [-0.15, -0.1) is 11.6 Å². The summed E-state index contributed by atoms with van der Waals surface area (Å²) in [6, 6.07) is 0. The Balaban J connectivity index is -0.0000000627. The minimum atomic E-state index is -0.392. The second-order valence-corrected chi connectivity index (χ2v) is 4.45. The van der Waals surface area contributed by atoms with Crippen molar-refractivity contribution in [1.29, 1.82) is 0 Å². The number of esters is 2. The van der Waals surface area contributed by atoms with E-state index in [0.29, 0.717) is 0 Å². The molecule has 0 bridgehead atoms. The van der Waals surface area contributed by atoms with Crippen LogP contribution in [-0.4, -0.2) is 76.4 Å². The average Bonchev–Trinajstić information content (AvgIpc) is 2.25. The molecular weight excluding hydrogens is 323 g/mol. The molecule has 4 N–H and O–H groups in total. The van der Waals surface area contributed by atoms with Crippen LogP contribution < -0.4 is 24.1 Å². The van der Waals surface area contributed by atoms with Crippen molar-refractivity contribution in [2.24, 2.45) is 11.7 Å². The second kappa shape index (κ2) is 19.4. The number of alkyl halides is 1. The summed E-state index contributed by atoms with van der Waals surface area (Å²) in [4.78, 5) is 20.3. The molecule has 0 aliphatic rings. The quantitative estimate of drug-likeness (QED) is 0.179. The van der Waals surface area contributed by atoms with Crippen LogP contribution in [0.3, 0.4) is 0 Å². The van der Waals surface area contributed by atoms with Crippen LogP contribution in [0.5, 0.6) is 0 Å². The van der Waals surface area contributed by atoms with E-state index in [4.69, 9.17) is 23.3 Å². The van der Waals surface area contributed by atoms with Crippen molar-refractivity contribution in [1.82, 2.24) is 5.01 Å². The number of hydrogen-bond donors (Lipinski definition) is 2. The van der Waals surface area contributed by atoms with Gasteiger partial charge in [0.2, 0.25) is 0 Å². The van der Waals surface area contributed by atoms with Crippen molar-refractivity contribution >= 4 is 23.5 Å². The minimum absolute atomic E-state index is 0. The molecule has 0 aromatic carbocycles. The van der Waals surface area contributed by atoms with Crippen LogP contribution in [0.1, 0.15) is 7.43 Å². The predicted octanol–water partition coefficient (Wildman–Crippen LogP) is -3.43. The zero-order chi connectivity index (χ0) is 16.1. The number of methoxy groups -OCH3 is 2. The third kappa shape index (κ3) is 54.4. The van der Waals surface area contributed by atoms with Gasteiger partial charge in [0.05, 0.1) is 28.3 Å². The van der Waals surface area contributed by atoms with E-state index in [1.807, 2.05) is 0 Å². The lowest BCUT2D eigenvalue weighted by atomic mass is 10.6. The molecule has 0 saturated carbocycles. The number of likely N-dealkylation sites (N-methyl/N-ethyl adjacent to an activating group) is 1. The molecule has 0 aliphatic carbocycles. The predicted molar refractivity (Wildman–Crippen MR) is 80.5 cm³/mol. The minimum Gasteiger partial charge on any atom is -1.00 e. The van der Waals surface area contributed by atoms with E-state index in [-0.39, 0.29) is 42.8 Å². The highest BCUT2D eigenvalue weighted by atomic mass is 35.5. The molecule has 0 aromatic rings. The Hall–Kier alpha value is -0.640. The van der Waals surface area contributed by atoms with Gasteiger partial charge < -0.3 is 21.9 Å². The first-order valence-corrected chi connectivity index (χ1v) is 5.76. The molecule has 0 heterocycles. The largest absolute Gasteiger partial charge is 1.00 e. The van der Waals surface area contributed by atoms with Gasteiger partial charge in [0.1, 0.15) is 5.88 Å². The molecule has 0 rings (SSSR count). The number of ether oxygens (including phenoxy) is 2. The van der Waals surface area contributed by atoms with Crippen molar-refractivity contribution < 1.29 is 36.1 Å². The Labute approximate surface area is 139 Å². The van der Waals surface area contributed by atoms with Gasteiger partial charge in [-0.25, -0.2) is 9.39 Å². The summed E-state index contributed by atoms with van der Waals surface area (Å²) in [6.45, 7) is 0.205. The van der Waals surface area contributed by atoms with E-state index in [1.165, 1.54) is 19.2 Å². The number of rotatable bonds is 3. The Kier molecular flexibility index (Phi) is 29.8. The Morgan fingerprint density at radius 2 is 1.43 bits per heavy atom. The average molecular weight is 353 g/mol. The molecule has 0 saturated heterocycles. The number of carbonyl (C=O) groups is 2. The van der Waals surface area contributed by atoms with E-state index >= 15 is 0 Å². The van der Waals surface area contributed by atoms with Crippen LogP contribution in [0.25, 0.3) is 0 Å². The summed E-state index contributed by atoms with van der Waals surface area (Å²) in [5, 5.41) is 1.50. The molecule has 0 spiro atoms. The summed E-state index contributed by atoms with van der Waals surface area (Å²) in [6.07, 6.45) is 0. The third-order valence-electron chi connectivity index (χ3n) is 1.10. The van der Waals surface area contributed by atoms with E-state index in [1.54, 1.807) is 28.2 Å². The lowest BCUT2D eigenvalue weighted by Crippen LogP contribution is -3.00. The Morgan fingerprint density at radius 3 is 1.48 bits per heavy atom. The monoisotopic (exact) mass is 352 g/mol. The topological polar surface area (TPSA) is 108 Å². The summed E-state index contributed by atoms with van der Waals surface area (Å²) < 4.78 is 8.64. The Bertz CT molecular complexity index is 240. The normalized spacial score (nSPS) is 8.67. The first-order valence-electron chi connectivity index (χ1n) is 5.23. The summed E-state index contributed by atoms with van der Waals surface area (Å²) in [5.74, 6) is 9.65. The number of hydrogen-bond acceptors (Lipinski definition) is 7. The fraction of sp³-hybridized carbons (Fsp3) is 0.818. The molecule has 21 heavy (non-hydrogen) atoms. The molecule has 0 radical (unpaired) electrons. The fourth-order valence-electron chi connectivity index (χ4n) is 0.452. The molecule has 0 fully saturated rings. The van der Waals surface area contributed by atoms with Gasteiger partial charge in [0.15, 0.2) is 6.54 Å². The van der Waals surface area contributed by atoms with Crippen molar-refractivity contribution in [3.8, 4) is 0 Å². The first-order chi connectivity index (χ1) is 8.49. The van der Waals surface area contributed by atoms with Gasteiger partial charge in [-0.2, -0.15) is 5.84 Å². The van der Waals surface area contributed by atoms with E-state index < -0.39 is 5.97 Å². The van der Waals surface area contributed by atoms with Crippen LogP contribution in [0, 0.1) is 0 Å². The van der Waals surface area contributed by atoms with E-state index in [0.717, 1.165) is 0 Å². The highest BCUT2D eigenvalue weighted by Crippen LogP contribution is 1.84. The first kappa shape index (κ1) is 32.3. The second-order valence-electron chi connectivity index (χ2n) is 4.19. The zero-order valence-corrected chi connectivity index (χ0v) is 14.4. The van der Waals surface area contributed by atoms with Crippen LogP contribution in [-0.2, 0) is 19.1 Å².